The van der Waals surface area contributed by atoms with Crippen molar-refractivity contribution in [1.82, 2.24) is 0 Å². The lowest BCUT2D eigenvalue weighted by Gasteiger charge is -2.07. The van der Waals surface area contributed by atoms with Gasteiger partial charge >= 0.3 is 0 Å². The van der Waals surface area contributed by atoms with Crippen LogP contribution in [-0.4, -0.2) is 12.9 Å². The second-order valence-corrected chi connectivity index (χ2v) is 4.27. The Balaban J connectivity index is 1.92. The van der Waals surface area contributed by atoms with E-state index in [-0.39, 0.29) is 0 Å². The Hall–Kier alpha value is -2.35. The first-order valence-electron chi connectivity index (χ1n) is 6.20. The normalized spacial score (nSPS) is 10.6. The molecule has 2 nitrogen and oxygen atoms in total. The molecule has 0 saturated heterocycles. The smallest absolute Gasteiger partial charge is 0.150 e. The van der Waals surface area contributed by atoms with Gasteiger partial charge in [0.2, 0.25) is 0 Å². The molecule has 0 aliphatic heterocycles. The Kier molecular flexibility index (Phi) is 4.51. The van der Waals surface area contributed by atoms with Crippen molar-refractivity contribution in [3.63, 3.8) is 0 Å². The summed E-state index contributed by atoms with van der Waals surface area (Å²) in [4.78, 5) is 10.6. The monoisotopic (exact) mass is 252 g/mol. The molecule has 2 aromatic carbocycles. The zero-order valence-electron chi connectivity index (χ0n) is 10.9. The van der Waals surface area contributed by atoms with E-state index in [1.807, 2.05) is 61.5 Å². The largest absolute Gasteiger partial charge is 0.489 e. The van der Waals surface area contributed by atoms with Crippen molar-refractivity contribution in [2.45, 2.75) is 6.92 Å². The Morgan fingerprint density at radius 3 is 2.53 bits per heavy atom. The van der Waals surface area contributed by atoms with Gasteiger partial charge < -0.3 is 4.74 Å². The van der Waals surface area contributed by atoms with E-state index < -0.39 is 0 Å². The minimum atomic E-state index is 0.510. The van der Waals surface area contributed by atoms with E-state index in [4.69, 9.17) is 4.74 Å². The van der Waals surface area contributed by atoms with Crippen LogP contribution in [-0.2, 0) is 0 Å². The van der Waals surface area contributed by atoms with Gasteiger partial charge in [0.15, 0.2) is 0 Å². The highest BCUT2D eigenvalue weighted by Gasteiger charge is 1.99. The summed E-state index contributed by atoms with van der Waals surface area (Å²) in [5.41, 5.74) is 2.79. The van der Waals surface area contributed by atoms with Gasteiger partial charge in [-0.2, -0.15) is 0 Å². The molecule has 0 radical (unpaired) electrons. The molecule has 2 aromatic rings. The van der Waals surface area contributed by atoms with Crippen LogP contribution in [0, 0.1) is 6.92 Å². The number of hydrogen-bond donors (Lipinski definition) is 0. The number of aryl methyl sites for hydroxylation is 1. The summed E-state index contributed by atoms with van der Waals surface area (Å²) in [7, 11) is 0. The molecule has 0 heterocycles. The van der Waals surface area contributed by atoms with Crippen molar-refractivity contribution >= 4 is 12.4 Å². The molecular weight excluding hydrogens is 236 g/mol. The molecule has 0 saturated carbocycles. The second kappa shape index (κ2) is 6.55. The minimum absolute atomic E-state index is 0.510. The van der Waals surface area contributed by atoms with Gasteiger partial charge in [0.05, 0.1) is 0 Å². The zero-order chi connectivity index (χ0) is 13.5. The number of ether oxygens (including phenoxy) is 1. The van der Waals surface area contributed by atoms with E-state index in [0.717, 1.165) is 23.2 Å². The average molecular weight is 252 g/mol. The van der Waals surface area contributed by atoms with Gasteiger partial charge in [-0.3, -0.25) is 4.79 Å². The lowest BCUT2D eigenvalue weighted by Crippen LogP contribution is -1.96. The number of carbonyl (C=O) groups excluding carboxylic acids is 1. The Labute approximate surface area is 113 Å². The summed E-state index contributed by atoms with van der Waals surface area (Å²) in [5.74, 6) is 0.809. The van der Waals surface area contributed by atoms with Crippen molar-refractivity contribution in [2.24, 2.45) is 0 Å². The van der Waals surface area contributed by atoms with Gasteiger partial charge in [0.1, 0.15) is 18.6 Å². The maximum atomic E-state index is 10.6. The fourth-order valence-electron chi connectivity index (χ4n) is 1.79. The topological polar surface area (TPSA) is 26.3 Å². The van der Waals surface area contributed by atoms with E-state index in [0.29, 0.717) is 12.2 Å². The van der Waals surface area contributed by atoms with Crippen LogP contribution in [0.3, 0.4) is 0 Å². The van der Waals surface area contributed by atoms with Gasteiger partial charge in [-0.05, 0) is 42.3 Å². The summed E-state index contributed by atoms with van der Waals surface area (Å²) >= 11 is 0. The number of hydrogen-bond acceptors (Lipinski definition) is 2. The predicted octanol–water partition coefficient (Wildman–Crippen LogP) is 3.90. The highest BCUT2D eigenvalue weighted by Crippen LogP contribution is 2.18. The van der Waals surface area contributed by atoms with Gasteiger partial charge in [-0.15, -0.1) is 0 Å². The summed E-state index contributed by atoms with van der Waals surface area (Å²) in [6.07, 6.45) is 4.84. The minimum Gasteiger partial charge on any atom is -0.489 e. The summed E-state index contributed by atoms with van der Waals surface area (Å²) in [6, 6.07) is 15.5. The van der Waals surface area contributed by atoms with Gasteiger partial charge in [-0.25, -0.2) is 0 Å². The van der Waals surface area contributed by atoms with Crippen molar-refractivity contribution < 1.29 is 9.53 Å². The SMILES string of the molecule is Cc1cc(C=O)ccc1OCC=Cc1ccccc1. The van der Waals surface area contributed by atoms with Crippen molar-refractivity contribution in [3.05, 3.63) is 71.3 Å². The second-order valence-electron chi connectivity index (χ2n) is 4.27. The van der Waals surface area contributed by atoms with E-state index in [9.17, 15) is 4.79 Å². The highest BCUT2D eigenvalue weighted by molar-refractivity contribution is 5.75. The van der Waals surface area contributed by atoms with Crippen LogP contribution in [0.4, 0.5) is 0 Å². The van der Waals surface area contributed by atoms with Crippen LogP contribution in [0.2, 0.25) is 0 Å². The molecule has 0 N–H and O–H groups in total. The molecule has 0 atom stereocenters. The molecule has 0 spiro atoms. The van der Waals surface area contributed by atoms with Crippen LogP contribution < -0.4 is 4.74 Å². The lowest BCUT2D eigenvalue weighted by molar-refractivity contribution is 0.112. The van der Waals surface area contributed by atoms with E-state index in [1.165, 1.54) is 0 Å². The van der Waals surface area contributed by atoms with Crippen molar-refractivity contribution in [2.75, 3.05) is 6.61 Å². The predicted molar refractivity (Wildman–Crippen MR) is 77.5 cm³/mol. The number of aldehydes is 1. The van der Waals surface area contributed by atoms with Crippen molar-refractivity contribution in [3.8, 4) is 5.75 Å². The van der Waals surface area contributed by atoms with E-state index in [2.05, 4.69) is 0 Å². The molecule has 0 bridgehead atoms. The first-order valence-corrected chi connectivity index (χ1v) is 6.20. The van der Waals surface area contributed by atoms with Crippen LogP contribution in [0.25, 0.3) is 6.08 Å². The molecule has 0 aliphatic rings. The molecule has 0 aliphatic carbocycles. The summed E-state index contributed by atoms with van der Waals surface area (Å²) in [6.45, 7) is 2.44. The van der Waals surface area contributed by atoms with E-state index >= 15 is 0 Å². The maximum absolute atomic E-state index is 10.6. The fourth-order valence-corrected chi connectivity index (χ4v) is 1.79. The summed E-state index contributed by atoms with van der Waals surface area (Å²) < 4.78 is 5.66. The molecule has 19 heavy (non-hydrogen) atoms. The third-order valence-electron chi connectivity index (χ3n) is 2.78. The Morgan fingerprint density at radius 1 is 1.05 bits per heavy atom. The molecule has 0 unspecified atom stereocenters. The van der Waals surface area contributed by atoms with Crippen LogP contribution in [0.15, 0.2) is 54.6 Å². The highest BCUT2D eigenvalue weighted by atomic mass is 16.5. The van der Waals surface area contributed by atoms with E-state index in [1.54, 1.807) is 6.07 Å². The molecular formula is C17H16O2. The van der Waals surface area contributed by atoms with Gasteiger partial charge in [0, 0.05) is 5.56 Å². The molecule has 0 aromatic heterocycles. The summed E-state index contributed by atoms with van der Waals surface area (Å²) in [5, 5.41) is 0. The fraction of sp³-hybridized carbons (Fsp3) is 0.118. The number of rotatable bonds is 5. The molecule has 0 fully saturated rings. The standard InChI is InChI=1S/C17H16O2/c1-14-12-16(13-18)9-10-17(14)19-11-5-8-15-6-3-2-4-7-15/h2-10,12-13H,11H2,1H3. The average Bonchev–Trinajstić information content (AvgIpc) is 2.46. The maximum Gasteiger partial charge on any atom is 0.150 e. The third-order valence-corrected chi connectivity index (χ3v) is 2.78. The first-order chi connectivity index (χ1) is 9.29. The third kappa shape index (κ3) is 3.81. The van der Waals surface area contributed by atoms with Crippen LogP contribution in [0.5, 0.6) is 5.75 Å². The van der Waals surface area contributed by atoms with Crippen LogP contribution in [0.1, 0.15) is 21.5 Å². The van der Waals surface area contributed by atoms with Crippen molar-refractivity contribution in [1.29, 1.82) is 0 Å². The van der Waals surface area contributed by atoms with Gasteiger partial charge in [-0.1, -0.05) is 36.4 Å². The molecule has 2 heteroatoms. The number of benzene rings is 2. The first kappa shape index (κ1) is 13.1. The molecule has 0 amide bonds. The zero-order valence-corrected chi connectivity index (χ0v) is 10.9. The lowest BCUT2D eigenvalue weighted by atomic mass is 10.1. The van der Waals surface area contributed by atoms with Gasteiger partial charge in [0.25, 0.3) is 0 Å². The quantitative estimate of drug-likeness (QED) is 0.754. The Morgan fingerprint density at radius 2 is 1.84 bits per heavy atom. The van der Waals surface area contributed by atoms with Crippen LogP contribution >= 0.6 is 0 Å². The molecule has 2 rings (SSSR count). The Bertz CT molecular complexity index is 571. The molecule has 96 valence electrons. The number of carbonyl (C=O) groups is 1.